The third kappa shape index (κ3) is 5.61. The number of nitrogens with zero attached hydrogens (tertiary/aromatic N) is 3. The molecule has 2 amide bonds. The zero-order chi connectivity index (χ0) is 26.7. The van der Waals surface area contributed by atoms with Crippen molar-refractivity contribution in [2.75, 3.05) is 42.5 Å². The van der Waals surface area contributed by atoms with Crippen molar-refractivity contribution in [2.24, 2.45) is 5.73 Å². The van der Waals surface area contributed by atoms with Crippen LogP contribution in [-0.2, 0) is 19.1 Å². The van der Waals surface area contributed by atoms with Gasteiger partial charge in [0.05, 0.1) is 17.9 Å². The first kappa shape index (κ1) is 25.8. The predicted molar refractivity (Wildman–Crippen MR) is 134 cm³/mol. The number of carboxylic acids is 1. The standard InChI is InChI=1S/C26H27FN4O6/c1-16(32)23(28)22-15-31(26(36)37-22)18-7-8-21(20(27)14-18)29-9-11-30(12-10-29)24(33)19(25(34)35)13-17-5-3-2-4-6-17/h2-8,13-14,22-23H,9-12,15,28H2,1H3,(H,34,35)/b19-13-. The number of aliphatic carboxylic acids is 1. The summed E-state index contributed by atoms with van der Waals surface area (Å²) in [5.41, 5.74) is 6.61. The van der Waals surface area contributed by atoms with E-state index in [2.05, 4.69) is 0 Å². The molecule has 37 heavy (non-hydrogen) atoms. The first-order valence-corrected chi connectivity index (χ1v) is 11.7. The molecule has 2 atom stereocenters. The molecule has 11 heteroatoms. The molecule has 2 aliphatic rings. The van der Waals surface area contributed by atoms with Crippen LogP contribution in [0.25, 0.3) is 6.08 Å². The Morgan fingerprint density at radius 3 is 2.38 bits per heavy atom. The molecule has 0 saturated carbocycles. The summed E-state index contributed by atoms with van der Waals surface area (Å²) in [4.78, 5) is 52.8. The molecule has 2 aliphatic heterocycles. The lowest BCUT2D eigenvalue weighted by Crippen LogP contribution is -2.50. The number of hydrogen-bond acceptors (Lipinski definition) is 7. The van der Waals surface area contributed by atoms with E-state index in [0.717, 1.165) is 0 Å². The minimum Gasteiger partial charge on any atom is -0.477 e. The fourth-order valence-electron chi connectivity index (χ4n) is 4.32. The molecule has 10 nitrogen and oxygen atoms in total. The molecule has 2 heterocycles. The van der Waals surface area contributed by atoms with E-state index in [1.807, 2.05) is 0 Å². The van der Waals surface area contributed by atoms with E-state index in [-0.39, 0.29) is 36.7 Å². The molecular weight excluding hydrogens is 483 g/mol. The summed E-state index contributed by atoms with van der Waals surface area (Å²) < 4.78 is 20.2. The second-order valence-corrected chi connectivity index (χ2v) is 8.86. The number of ketones is 1. The van der Waals surface area contributed by atoms with Gasteiger partial charge in [-0.2, -0.15) is 0 Å². The maximum absolute atomic E-state index is 15.1. The van der Waals surface area contributed by atoms with Crippen LogP contribution in [0, 0.1) is 5.82 Å². The van der Waals surface area contributed by atoms with Crippen molar-refractivity contribution < 1.29 is 33.4 Å². The van der Waals surface area contributed by atoms with Gasteiger partial charge in [0, 0.05) is 26.2 Å². The summed E-state index contributed by atoms with van der Waals surface area (Å²) >= 11 is 0. The molecule has 194 valence electrons. The van der Waals surface area contributed by atoms with Crippen LogP contribution in [0.5, 0.6) is 0 Å². The molecule has 2 saturated heterocycles. The number of carboxylic acid groups (broad SMARTS) is 1. The number of piperazine rings is 1. The van der Waals surface area contributed by atoms with E-state index < -0.39 is 35.9 Å². The van der Waals surface area contributed by atoms with Crippen LogP contribution < -0.4 is 15.5 Å². The Morgan fingerprint density at radius 1 is 1.11 bits per heavy atom. The van der Waals surface area contributed by atoms with Crippen molar-refractivity contribution in [3.05, 3.63) is 65.5 Å². The molecule has 2 aromatic carbocycles. The molecule has 4 rings (SSSR count). The Morgan fingerprint density at radius 2 is 1.78 bits per heavy atom. The first-order chi connectivity index (χ1) is 17.7. The summed E-state index contributed by atoms with van der Waals surface area (Å²) in [6.07, 6.45) is -0.184. The van der Waals surface area contributed by atoms with Gasteiger partial charge in [-0.3, -0.25) is 14.5 Å². The second kappa shape index (κ2) is 10.8. The van der Waals surface area contributed by atoms with Crippen LogP contribution in [0.4, 0.5) is 20.6 Å². The van der Waals surface area contributed by atoms with E-state index in [1.165, 1.54) is 34.9 Å². The lowest BCUT2D eigenvalue weighted by atomic mass is 10.1. The number of amides is 2. The summed E-state index contributed by atoms with van der Waals surface area (Å²) in [5.74, 6) is -2.80. The molecule has 0 radical (unpaired) electrons. The highest BCUT2D eigenvalue weighted by Crippen LogP contribution is 2.29. The van der Waals surface area contributed by atoms with E-state index in [4.69, 9.17) is 10.5 Å². The number of nitrogens with two attached hydrogens (primary N) is 1. The molecule has 0 bridgehead atoms. The van der Waals surface area contributed by atoms with Crippen molar-refractivity contribution in [2.45, 2.75) is 19.1 Å². The van der Waals surface area contributed by atoms with Gasteiger partial charge in [-0.15, -0.1) is 0 Å². The average Bonchev–Trinajstić information content (AvgIpc) is 3.28. The Hall–Kier alpha value is -4.25. The van der Waals surface area contributed by atoms with E-state index in [1.54, 1.807) is 41.3 Å². The van der Waals surface area contributed by atoms with Crippen LogP contribution in [0.1, 0.15) is 12.5 Å². The van der Waals surface area contributed by atoms with Crippen molar-refractivity contribution in [1.29, 1.82) is 0 Å². The molecule has 2 fully saturated rings. The lowest BCUT2D eigenvalue weighted by molar-refractivity contribution is -0.137. The average molecular weight is 511 g/mol. The summed E-state index contributed by atoms with van der Waals surface area (Å²) in [7, 11) is 0. The number of hydrogen-bond donors (Lipinski definition) is 2. The third-order valence-corrected chi connectivity index (χ3v) is 6.43. The van der Waals surface area contributed by atoms with E-state index >= 15 is 4.39 Å². The minimum atomic E-state index is -1.31. The Balaban J connectivity index is 1.41. The quantitative estimate of drug-likeness (QED) is 0.328. The first-order valence-electron chi connectivity index (χ1n) is 11.7. The smallest absolute Gasteiger partial charge is 0.414 e. The number of benzene rings is 2. The van der Waals surface area contributed by atoms with Crippen molar-refractivity contribution in [3.8, 4) is 0 Å². The highest BCUT2D eigenvalue weighted by molar-refractivity contribution is 6.19. The number of halogens is 1. The van der Waals surface area contributed by atoms with Crippen molar-refractivity contribution in [1.82, 2.24) is 4.90 Å². The summed E-state index contributed by atoms with van der Waals surface area (Å²) in [5, 5.41) is 9.57. The van der Waals surface area contributed by atoms with E-state index in [9.17, 15) is 24.3 Å². The number of cyclic esters (lactones) is 1. The molecule has 0 aromatic heterocycles. The maximum atomic E-state index is 15.1. The summed E-state index contributed by atoms with van der Waals surface area (Å²) in [6, 6.07) is 12.1. The van der Waals surface area contributed by atoms with E-state index in [0.29, 0.717) is 24.3 Å². The minimum absolute atomic E-state index is 0.0293. The largest absolute Gasteiger partial charge is 0.477 e. The SMILES string of the molecule is CC(=O)C(N)C1CN(c2ccc(N3CCN(C(=O)/C(=C/c4ccccc4)C(=O)O)CC3)c(F)c2)C(=O)O1. The number of carbonyl (C=O) groups is 4. The van der Waals surface area contributed by atoms with Crippen molar-refractivity contribution >= 4 is 41.2 Å². The fourth-order valence-corrected chi connectivity index (χ4v) is 4.32. The molecule has 2 aromatic rings. The molecule has 0 spiro atoms. The molecule has 2 unspecified atom stereocenters. The fraction of sp³-hybridized carbons (Fsp3) is 0.308. The van der Waals surface area contributed by atoms with Gasteiger partial charge in [-0.1, -0.05) is 30.3 Å². The lowest BCUT2D eigenvalue weighted by Gasteiger charge is -2.36. The molecule has 3 N–H and O–H groups in total. The molecule has 0 aliphatic carbocycles. The highest BCUT2D eigenvalue weighted by Gasteiger charge is 2.38. The highest BCUT2D eigenvalue weighted by atomic mass is 19.1. The maximum Gasteiger partial charge on any atom is 0.414 e. The number of rotatable bonds is 7. The van der Waals surface area contributed by atoms with Crippen LogP contribution in [0.15, 0.2) is 54.1 Å². The number of ether oxygens (including phenoxy) is 1. The number of anilines is 2. The van der Waals surface area contributed by atoms with Crippen LogP contribution >= 0.6 is 0 Å². The van der Waals surface area contributed by atoms with Gasteiger partial charge >= 0.3 is 12.1 Å². The van der Waals surface area contributed by atoms with Gasteiger partial charge < -0.3 is 25.4 Å². The van der Waals surface area contributed by atoms with Gasteiger partial charge in [-0.05, 0) is 36.8 Å². The topological polar surface area (TPSA) is 133 Å². The normalized spacial score (nSPS) is 19.0. The number of Topliss-reactive ketones (excluding diaryl/α,β-unsaturated/α-hetero) is 1. The van der Waals surface area contributed by atoms with Crippen LogP contribution in [0.3, 0.4) is 0 Å². The Bertz CT molecular complexity index is 1240. The van der Waals surface area contributed by atoms with Gasteiger partial charge in [0.1, 0.15) is 29.3 Å². The predicted octanol–water partition coefficient (Wildman–Crippen LogP) is 1.88. The Labute approximate surface area is 212 Å². The third-order valence-electron chi connectivity index (χ3n) is 6.43. The summed E-state index contributed by atoms with van der Waals surface area (Å²) in [6.45, 7) is 2.35. The van der Waals surface area contributed by atoms with Gasteiger partial charge in [0.15, 0.2) is 0 Å². The monoisotopic (exact) mass is 510 g/mol. The van der Waals surface area contributed by atoms with Crippen LogP contribution in [-0.4, -0.2) is 78.6 Å². The Kier molecular flexibility index (Phi) is 7.53. The van der Waals surface area contributed by atoms with Gasteiger partial charge in [-0.25, -0.2) is 14.0 Å². The van der Waals surface area contributed by atoms with Crippen LogP contribution in [0.2, 0.25) is 0 Å². The van der Waals surface area contributed by atoms with Gasteiger partial charge in [0.25, 0.3) is 5.91 Å². The zero-order valence-electron chi connectivity index (χ0n) is 20.2. The van der Waals surface area contributed by atoms with Gasteiger partial charge in [0.2, 0.25) is 0 Å². The molecular formula is C26H27FN4O6. The van der Waals surface area contributed by atoms with Crippen molar-refractivity contribution in [3.63, 3.8) is 0 Å². The number of carbonyl (C=O) groups excluding carboxylic acids is 3. The second-order valence-electron chi connectivity index (χ2n) is 8.86. The zero-order valence-corrected chi connectivity index (χ0v) is 20.2.